The van der Waals surface area contributed by atoms with Crippen molar-refractivity contribution in [1.29, 1.82) is 0 Å². The van der Waals surface area contributed by atoms with Crippen LogP contribution in [0, 0.1) is 6.92 Å². The summed E-state index contributed by atoms with van der Waals surface area (Å²) in [4.78, 5) is 20.7. The van der Waals surface area contributed by atoms with Crippen LogP contribution < -0.4 is 5.32 Å². The minimum Gasteiger partial charge on any atom is -0.360 e. The number of aromatic nitrogens is 4. The van der Waals surface area contributed by atoms with Crippen LogP contribution in [0.4, 0.5) is 4.79 Å². The van der Waals surface area contributed by atoms with E-state index in [4.69, 9.17) is 4.52 Å². The maximum atomic E-state index is 12.6. The van der Waals surface area contributed by atoms with Gasteiger partial charge in [-0.1, -0.05) is 17.3 Å². The van der Waals surface area contributed by atoms with Gasteiger partial charge in [0.1, 0.15) is 12.7 Å². The minimum atomic E-state index is -0.0810. The summed E-state index contributed by atoms with van der Waals surface area (Å²) < 4.78 is 6.98. The van der Waals surface area contributed by atoms with Gasteiger partial charge in [-0.3, -0.25) is 4.90 Å². The van der Waals surface area contributed by atoms with E-state index in [-0.39, 0.29) is 12.1 Å². The summed E-state index contributed by atoms with van der Waals surface area (Å²) >= 11 is 0. The van der Waals surface area contributed by atoms with Crippen LogP contribution in [0.2, 0.25) is 0 Å². The molecule has 29 heavy (non-hydrogen) atoms. The molecule has 1 atom stereocenters. The van der Waals surface area contributed by atoms with Crippen LogP contribution in [0.3, 0.4) is 0 Å². The first kappa shape index (κ1) is 19.1. The number of hydrogen-bond acceptors (Lipinski definition) is 6. The van der Waals surface area contributed by atoms with E-state index < -0.39 is 0 Å². The predicted molar refractivity (Wildman–Crippen MR) is 106 cm³/mol. The molecule has 3 heterocycles. The average molecular weight is 395 g/mol. The zero-order chi connectivity index (χ0) is 20.2. The van der Waals surface area contributed by atoms with Crippen LogP contribution in [-0.2, 0) is 6.54 Å². The Kier molecular flexibility index (Phi) is 5.57. The number of urea groups is 1. The largest absolute Gasteiger partial charge is 0.360 e. The van der Waals surface area contributed by atoms with Gasteiger partial charge in [-0.15, -0.1) is 0 Å². The molecule has 2 aromatic heterocycles. The molecule has 3 aromatic rings. The molecule has 1 unspecified atom stereocenters. The molecule has 1 N–H and O–H groups in total. The monoisotopic (exact) mass is 395 g/mol. The highest BCUT2D eigenvalue weighted by atomic mass is 16.5. The van der Waals surface area contributed by atoms with E-state index in [1.54, 1.807) is 11.0 Å². The third kappa shape index (κ3) is 4.62. The predicted octanol–water partition coefficient (Wildman–Crippen LogP) is 2.15. The van der Waals surface area contributed by atoms with E-state index in [0.29, 0.717) is 13.1 Å². The number of rotatable bonds is 5. The van der Waals surface area contributed by atoms with Crippen LogP contribution in [0.1, 0.15) is 30.0 Å². The normalized spacial score (nSPS) is 16.0. The van der Waals surface area contributed by atoms with Crippen LogP contribution >= 0.6 is 0 Å². The highest BCUT2D eigenvalue weighted by Gasteiger charge is 2.23. The number of amides is 2. The first-order chi connectivity index (χ1) is 14.1. The van der Waals surface area contributed by atoms with Crippen LogP contribution in [0.15, 0.2) is 47.5 Å². The van der Waals surface area contributed by atoms with Gasteiger partial charge in [0.2, 0.25) is 0 Å². The fraction of sp³-hybridized carbons (Fsp3) is 0.400. The highest BCUT2D eigenvalue weighted by molar-refractivity contribution is 5.74. The summed E-state index contributed by atoms with van der Waals surface area (Å²) in [5.74, 6) is 0.864. The Labute approximate surface area is 169 Å². The summed E-state index contributed by atoms with van der Waals surface area (Å²) in [6.07, 6.45) is 3.16. The van der Waals surface area contributed by atoms with Gasteiger partial charge in [-0.05, 0) is 31.5 Å². The van der Waals surface area contributed by atoms with Crippen LogP contribution in [-0.4, -0.2) is 61.9 Å². The fourth-order valence-corrected chi connectivity index (χ4v) is 3.44. The van der Waals surface area contributed by atoms with Gasteiger partial charge in [0.25, 0.3) is 0 Å². The van der Waals surface area contributed by atoms with E-state index in [9.17, 15) is 4.79 Å². The van der Waals surface area contributed by atoms with Crippen molar-refractivity contribution in [3.8, 4) is 5.69 Å². The Hall–Kier alpha value is -3.20. The quantitative estimate of drug-likeness (QED) is 0.712. The standard InChI is InChI=1S/C20H25N7O2/c1-15-11-19(29-24-15)12-25-7-9-26(10-8-25)20(28)23-16(2)17-3-5-18(6-4-17)27-14-21-13-22-27/h3-6,11,13-14,16H,7-10,12H2,1-2H3,(H,23,28). The molecule has 0 bridgehead atoms. The van der Waals surface area contributed by atoms with Gasteiger partial charge in [0.15, 0.2) is 5.76 Å². The number of carbonyl (C=O) groups excluding carboxylic acids is 1. The Balaban J connectivity index is 1.27. The van der Waals surface area contributed by atoms with Gasteiger partial charge in [-0.2, -0.15) is 5.10 Å². The second-order valence-electron chi connectivity index (χ2n) is 7.30. The molecule has 9 heteroatoms. The molecule has 1 aromatic carbocycles. The summed E-state index contributed by atoms with van der Waals surface area (Å²) in [5, 5.41) is 11.1. The third-order valence-corrected chi connectivity index (χ3v) is 5.13. The molecule has 9 nitrogen and oxygen atoms in total. The number of hydrogen-bond donors (Lipinski definition) is 1. The number of benzene rings is 1. The maximum Gasteiger partial charge on any atom is 0.317 e. The van der Waals surface area contributed by atoms with Crippen LogP contribution in [0.25, 0.3) is 5.69 Å². The SMILES string of the molecule is Cc1cc(CN2CCN(C(=O)NC(C)c3ccc(-n4cncn4)cc3)CC2)on1. The van der Waals surface area contributed by atoms with Crippen molar-refractivity contribution < 1.29 is 9.32 Å². The smallest absolute Gasteiger partial charge is 0.317 e. The van der Waals surface area contributed by atoms with Gasteiger partial charge in [-0.25, -0.2) is 14.5 Å². The fourth-order valence-electron chi connectivity index (χ4n) is 3.44. The molecule has 4 rings (SSSR count). The minimum absolute atomic E-state index is 0.0342. The van der Waals surface area contributed by atoms with Crippen molar-refractivity contribution in [3.05, 3.63) is 60.0 Å². The van der Waals surface area contributed by atoms with E-state index in [0.717, 1.165) is 42.3 Å². The van der Waals surface area contributed by atoms with Gasteiger partial charge in [0, 0.05) is 32.2 Å². The zero-order valence-electron chi connectivity index (χ0n) is 16.7. The van der Waals surface area contributed by atoms with Crippen molar-refractivity contribution in [3.63, 3.8) is 0 Å². The third-order valence-electron chi connectivity index (χ3n) is 5.13. The number of nitrogens with zero attached hydrogens (tertiary/aromatic N) is 6. The highest BCUT2D eigenvalue weighted by Crippen LogP contribution is 2.16. The average Bonchev–Trinajstić information content (AvgIpc) is 3.41. The van der Waals surface area contributed by atoms with Crippen molar-refractivity contribution in [2.75, 3.05) is 26.2 Å². The lowest BCUT2D eigenvalue weighted by molar-refractivity contribution is 0.126. The lowest BCUT2D eigenvalue weighted by Gasteiger charge is -2.34. The molecular formula is C20H25N7O2. The van der Waals surface area contributed by atoms with E-state index in [1.165, 1.54) is 6.33 Å². The molecule has 0 spiro atoms. The Morgan fingerprint density at radius 2 is 1.97 bits per heavy atom. The second kappa shape index (κ2) is 8.44. The molecule has 152 valence electrons. The molecular weight excluding hydrogens is 370 g/mol. The number of aryl methyl sites for hydroxylation is 1. The number of carbonyl (C=O) groups is 1. The Morgan fingerprint density at radius 3 is 2.59 bits per heavy atom. The molecule has 0 aliphatic carbocycles. The van der Waals surface area contributed by atoms with Crippen molar-refractivity contribution in [2.45, 2.75) is 26.4 Å². The van der Waals surface area contributed by atoms with Gasteiger partial charge >= 0.3 is 6.03 Å². The Bertz CT molecular complexity index is 928. The van der Waals surface area contributed by atoms with E-state index in [1.807, 2.05) is 49.1 Å². The second-order valence-corrected chi connectivity index (χ2v) is 7.30. The van der Waals surface area contributed by atoms with Crippen molar-refractivity contribution in [2.24, 2.45) is 0 Å². The van der Waals surface area contributed by atoms with Crippen molar-refractivity contribution >= 4 is 6.03 Å². The van der Waals surface area contributed by atoms with Crippen LogP contribution in [0.5, 0.6) is 0 Å². The molecule has 1 fully saturated rings. The molecule has 2 amide bonds. The summed E-state index contributed by atoms with van der Waals surface area (Å²) in [6, 6.07) is 9.77. The lowest BCUT2D eigenvalue weighted by Crippen LogP contribution is -2.51. The molecule has 1 saturated heterocycles. The van der Waals surface area contributed by atoms with Crippen molar-refractivity contribution in [1.82, 2.24) is 35.0 Å². The molecule has 1 aliphatic heterocycles. The summed E-state index contributed by atoms with van der Waals surface area (Å²) in [5.41, 5.74) is 2.87. The summed E-state index contributed by atoms with van der Waals surface area (Å²) in [6.45, 7) is 7.64. The topological polar surface area (TPSA) is 92.3 Å². The molecule has 0 radical (unpaired) electrons. The van der Waals surface area contributed by atoms with Gasteiger partial charge < -0.3 is 14.7 Å². The molecule has 1 aliphatic rings. The van der Waals surface area contributed by atoms with Gasteiger partial charge in [0.05, 0.1) is 24.0 Å². The maximum absolute atomic E-state index is 12.6. The van der Waals surface area contributed by atoms with E-state index in [2.05, 4.69) is 25.5 Å². The summed E-state index contributed by atoms with van der Waals surface area (Å²) in [7, 11) is 0. The zero-order valence-corrected chi connectivity index (χ0v) is 16.7. The first-order valence-corrected chi connectivity index (χ1v) is 9.73. The lowest BCUT2D eigenvalue weighted by atomic mass is 10.1. The molecule has 0 saturated carbocycles. The first-order valence-electron chi connectivity index (χ1n) is 9.73. The van der Waals surface area contributed by atoms with E-state index >= 15 is 0 Å². The number of piperazine rings is 1. The Morgan fingerprint density at radius 1 is 1.21 bits per heavy atom. The number of nitrogens with one attached hydrogen (secondary N) is 1.